The summed E-state index contributed by atoms with van der Waals surface area (Å²) in [6, 6.07) is 0.707. The third kappa shape index (κ3) is 2.26. The second-order valence-electron chi connectivity index (χ2n) is 2.59. The summed E-state index contributed by atoms with van der Waals surface area (Å²) >= 11 is 0. The van der Waals surface area contributed by atoms with E-state index in [1.165, 1.54) is 12.8 Å². The van der Waals surface area contributed by atoms with E-state index in [1.54, 1.807) is 12.5 Å². The van der Waals surface area contributed by atoms with Gasteiger partial charge in [-0.05, 0) is 6.42 Å². The molecule has 1 rings (SSSR count). The van der Waals surface area contributed by atoms with E-state index in [2.05, 4.69) is 11.9 Å². The highest BCUT2D eigenvalue weighted by Gasteiger charge is 2.02. The molecular formula is C8H14N2O. The third-order valence-electron chi connectivity index (χ3n) is 1.59. The zero-order valence-electron chi connectivity index (χ0n) is 7.08. The summed E-state index contributed by atoms with van der Waals surface area (Å²) in [6.07, 6.45) is 5.64. The highest BCUT2D eigenvalue weighted by atomic mass is 16.4. The van der Waals surface area contributed by atoms with Gasteiger partial charge in [-0.2, -0.15) is 0 Å². The third-order valence-corrected chi connectivity index (χ3v) is 1.59. The Hall–Kier alpha value is -0.990. The number of oxazole rings is 1. The minimum absolute atomic E-state index is 0.707. The Balaban J connectivity index is 2.36. The Morgan fingerprint density at radius 2 is 2.45 bits per heavy atom. The lowest BCUT2D eigenvalue weighted by Gasteiger charge is -2.12. The first-order valence-corrected chi connectivity index (χ1v) is 3.95. The lowest BCUT2D eigenvalue weighted by Crippen LogP contribution is -2.18. The number of hydrogen-bond acceptors (Lipinski definition) is 3. The molecule has 1 heterocycles. The number of unbranched alkanes of at least 4 members (excludes halogenated alkanes) is 1. The lowest BCUT2D eigenvalue weighted by atomic mass is 10.3. The second kappa shape index (κ2) is 4.01. The fraction of sp³-hybridized carbons (Fsp3) is 0.625. The molecule has 0 fully saturated rings. The maximum absolute atomic E-state index is 5.11. The molecule has 0 aliphatic carbocycles. The smallest absolute Gasteiger partial charge is 0.296 e. The standard InChI is InChI=1S/C8H14N2O/c1-3-4-6-10(2)8-9-5-7-11-8/h5,7H,3-4,6H2,1-2H3. The average Bonchev–Trinajstić information content (AvgIpc) is 2.52. The molecule has 0 unspecified atom stereocenters. The predicted molar refractivity (Wildman–Crippen MR) is 44.7 cm³/mol. The van der Waals surface area contributed by atoms with Crippen molar-refractivity contribution in [3.8, 4) is 0 Å². The van der Waals surface area contributed by atoms with Crippen LogP contribution in [0.1, 0.15) is 19.8 Å². The van der Waals surface area contributed by atoms with Gasteiger partial charge in [0.1, 0.15) is 6.26 Å². The van der Waals surface area contributed by atoms with E-state index in [9.17, 15) is 0 Å². The van der Waals surface area contributed by atoms with Crippen molar-refractivity contribution in [1.82, 2.24) is 4.98 Å². The van der Waals surface area contributed by atoms with Crippen molar-refractivity contribution in [2.75, 3.05) is 18.5 Å². The molecular weight excluding hydrogens is 140 g/mol. The highest BCUT2D eigenvalue weighted by Crippen LogP contribution is 2.07. The van der Waals surface area contributed by atoms with Gasteiger partial charge in [0.25, 0.3) is 6.01 Å². The van der Waals surface area contributed by atoms with E-state index in [4.69, 9.17) is 4.42 Å². The Kier molecular flexibility index (Phi) is 2.95. The molecule has 0 radical (unpaired) electrons. The normalized spacial score (nSPS) is 10.0. The number of anilines is 1. The Labute approximate surface area is 67.0 Å². The molecule has 3 nitrogen and oxygen atoms in total. The number of hydrogen-bond donors (Lipinski definition) is 0. The van der Waals surface area contributed by atoms with Crippen LogP contribution in [0.4, 0.5) is 6.01 Å². The van der Waals surface area contributed by atoms with Crippen LogP contribution in [0.2, 0.25) is 0 Å². The minimum Gasteiger partial charge on any atom is -0.432 e. The summed E-state index contributed by atoms with van der Waals surface area (Å²) in [7, 11) is 1.99. The zero-order valence-corrected chi connectivity index (χ0v) is 7.08. The van der Waals surface area contributed by atoms with Crippen LogP contribution >= 0.6 is 0 Å². The van der Waals surface area contributed by atoms with Crippen LogP contribution in [0.5, 0.6) is 0 Å². The quantitative estimate of drug-likeness (QED) is 0.663. The summed E-state index contributed by atoms with van der Waals surface area (Å²) in [6.45, 7) is 3.18. The van der Waals surface area contributed by atoms with Crippen LogP contribution < -0.4 is 4.90 Å². The second-order valence-corrected chi connectivity index (χ2v) is 2.59. The molecule has 0 bridgehead atoms. The molecule has 0 aliphatic rings. The average molecular weight is 154 g/mol. The number of aromatic nitrogens is 1. The van der Waals surface area contributed by atoms with E-state index >= 15 is 0 Å². The first-order valence-electron chi connectivity index (χ1n) is 3.95. The van der Waals surface area contributed by atoms with Crippen molar-refractivity contribution >= 4 is 6.01 Å². The SMILES string of the molecule is CCCCN(C)c1ncco1. The van der Waals surface area contributed by atoms with Gasteiger partial charge < -0.3 is 9.32 Å². The Morgan fingerprint density at radius 1 is 1.64 bits per heavy atom. The maximum atomic E-state index is 5.11. The van der Waals surface area contributed by atoms with E-state index in [-0.39, 0.29) is 0 Å². The number of rotatable bonds is 4. The van der Waals surface area contributed by atoms with Gasteiger partial charge in [0.2, 0.25) is 0 Å². The van der Waals surface area contributed by atoms with Gasteiger partial charge in [-0.25, -0.2) is 4.98 Å². The molecule has 0 spiro atoms. The zero-order chi connectivity index (χ0) is 8.10. The van der Waals surface area contributed by atoms with Gasteiger partial charge >= 0.3 is 0 Å². The van der Waals surface area contributed by atoms with E-state index in [1.807, 2.05) is 11.9 Å². The van der Waals surface area contributed by atoms with Crippen molar-refractivity contribution in [2.24, 2.45) is 0 Å². The molecule has 0 aliphatic heterocycles. The summed E-state index contributed by atoms with van der Waals surface area (Å²) in [5.74, 6) is 0. The van der Waals surface area contributed by atoms with Gasteiger partial charge in [0.15, 0.2) is 0 Å². The molecule has 3 heteroatoms. The fourth-order valence-electron chi connectivity index (χ4n) is 0.895. The summed E-state index contributed by atoms with van der Waals surface area (Å²) < 4.78 is 5.11. The van der Waals surface area contributed by atoms with Crippen LogP contribution in [0, 0.1) is 0 Å². The summed E-state index contributed by atoms with van der Waals surface area (Å²) in [5, 5.41) is 0. The van der Waals surface area contributed by atoms with E-state index in [0.717, 1.165) is 6.54 Å². The molecule has 0 atom stereocenters. The Bertz CT molecular complexity index is 184. The van der Waals surface area contributed by atoms with Crippen LogP contribution in [0.25, 0.3) is 0 Å². The molecule has 0 amide bonds. The highest BCUT2D eigenvalue weighted by molar-refractivity contribution is 5.21. The van der Waals surface area contributed by atoms with Crippen molar-refractivity contribution in [3.63, 3.8) is 0 Å². The van der Waals surface area contributed by atoms with E-state index in [0.29, 0.717) is 6.01 Å². The number of nitrogens with zero attached hydrogens (tertiary/aromatic N) is 2. The van der Waals surface area contributed by atoms with Gasteiger partial charge in [-0.15, -0.1) is 0 Å². The van der Waals surface area contributed by atoms with Gasteiger partial charge in [0, 0.05) is 13.6 Å². The monoisotopic (exact) mass is 154 g/mol. The predicted octanol–water partition coefficient (Wildman–Crippen LogP) is 1.91. The molecule has 0 aromatic carbocycles. The first-order chi connectivity index (χ1) is 5.34. The fourth-order valence-corrected chi connectivity index (χ4v) is 0.895. The largest absolute Gasteiger partial charge is 0.432 e. The van der Waals surface area contributed by atoms with Crippen molar-refractivity contribution in [2.45, 2.75) is 19.8 Å². The molecule has 0 saturated heterocycles. The van der Waals surface area contributed by atoms with Crippen molar-refractivity contribution in [3.05, 3.63) is 12.5 Å². The van der Waals surface area contributed by atoms with E-state index < -0.39 is 0 Å². The van der Waals surface area contributed by atoms with Crippen LogP contribution in [0.3, 0.4) is 0 Å². The topological polar surface area (TPSA) is 29.3 Å². The maximum Gasteiger partial charge on any atom is 0.296 e. The van der Waals surface area contributed by atoms with Gasteiger partial charge in [0.05, 0.1) is 6.20 Å². The van der Waals surface area contributed by atoms with Crippen LogP contribution in [0.15, 0.2) is 16.9 Å². The van der Waals surface area contributed by atoms with Gasteiger partial charge in [-0.1, -0.05) is 13.3 Å². The van der Waals surface area contributed by atoms with Crippen molar-refractivity contribution < 1.29 is 4.42 Å². The van der Waals surface area contributed by atoms with Gasteiger partial charge in [-0.3, -0.25) is 0 Å². The minimum atomic E-state index is 0.707. The van der Waals surface area contributed by atoms with Crippen LogP contribution in [-0.4, -0.2) is 18.6 Å². The van der Waals surface area contributed by atoms with Crippen LogP contribution in [-0.2, 0) is 0 Å². The summed E-state index contributed by atoms with van der Waals surface area (Å²) in [5.41, 5.74) is 0. The van der Waals surface area contributed by atoms with Crippen molar-refractivity contribution in [1.29, 1.82) is 0 Å². The first kappa shape index (κ1) is 8.11. The lowest BCUT2D eigenvalue weighted by molar-refractivity contribution is 0.541. The molecule has 0 N–H and O–H groups in total. The Morgan fingerprint density at radius 3 is 3.00 bits per heavy atom. The molecule has 1 aromatic rings. The molecule has 1 aromatic heterocycles. The molecule has 11 heavy (non-hydrogen) atoms. The molecule has 62 valence electrons. The summed E-state index contributed by atoms with van der Waals surface area (Å²) in [4.78, 5) is 6.05. The molecule has 0 saturated carbocycles.